The highest BCUT2D eigenvalue weighted by Crippen LogP contribution is 2.11. The van der Waals surface area contributed by atoms with Gasteiger partial charge in [-0.2, -0.15) is 10.4 Å². The Kier molecular flexibility index (Phi) is 3.59. The highest BCUT2D eigenvalue weighted by Gasteiger charge is 2.15. The van der Waals surface area contributed by atoms with Crippen LogP contribution in [0.15, 0.2) is 35.5 Å². The van der Waals surface area contributed by atoms with Crippen molar-refractivity contribution >= 4 is 10.0 Å². The van der Waals surface area contributed by atoms with Crippen molar-refractivity contribution in [3.05, 3.63) is 47.4 Å². The molecule has 1 heterocycles. The number of nitrogens with zero attached hydrogens (tertiary/aromatic N) is 2. The summed E-state index contributed by atoms with van der Waals surface area (Å²) in [6.07, 6.45) is 1.30. The quantitative estimate of drug-likeness (QED) is 0.869. The Morgan fingerprint density at radius 2 is 2.21 bits per heavy atom. The highest BCUT2D eigenvalue weighted by atomic mass is 32.2. The molecule has 19 heavy (non-hydrogen) atoms. The van der Waals surface area contributed by atoms with Gasteiger partial charge in [0.1, 0.15) is 5.82 Å². The maximum absolute atomic E-state index is 13.5. The van der Waals surface area contributed by atoms with Gasteiger partial charge in [-0.25, -0.2) is 17.5 Å². The summed E-state index contributed by atoms with van der Waals surface area (Å²) in [6, 6.07) is 6.93. The van der Waals surface area contributed by atoms with E-state index in [1.54, 1.807) is 6.07 Å². The first-order valence-corrected chi connectivity index (χ1v) is 6.69. The van der Waals surface area contributed by atoms with E-state index in [1.165, 1.54) is 24.4 Å². The number of aromatic amines is 1. The molecule has 2 aromatic rings. The number of halogens is 1. The molecule has 0 bridgehead atoms. The number of benzene rings is 1. The third kappa shape index (κ3) is 2.96. The molecule has 0 amide bonds. The van der Waals surface area contributed by atoms with Crippen LogP contribution in [-0.4, -0.2) is 18.6 Å². The average Bonchev–Trinajstić information content (AvgIpc) is 2.92. The molecule has 0 saturated carbocycles. The van der Waals surface area contributed by atoms with Crippen molar-refractivity contribution in [3.63, 3.8) is 0 Å². The van der Waals surface area contributed by atoms with Gasteiger partial charge in [-0.1, -0.05) is 6.07 Å². The topological polar surface area (TPSA) is 98.6 Å². The molecule has 0 fully saturated rings. The SMILES string of the molecule is N#Cc1ccc(CNS(=O)(=O)c2ccn[nH]2)c(F)c1. The van der Waals surface area contributed by atoms with Crippen molar-refractivity contribution in [2.75, 3.05) is 0 Å². The van der Waals surface area contributed by atoms with Crippen molar-refractivity contribution in [1.29, 1.82) is 5.26 Å². The first-order valence-electron chi connectivity index (χ1n) is 5.20. The summed E-state index contributed by atoms with van der Waals surface area (Å²) in [6.45, 7) is -0.209. The fraction of sp³-hybridized carbons (Fsp3) is 0.0909. The minimum absolute atomic E-state index is 0.0958. The number of hydrogen-bond acceptors (Lipinski definition) is 4. The number of aromatic nitrogens is 2. The largest absolute Gasteiger partial charge is 0.266 e. The summed E-state index contributed by atoms with van der Waals surface area (Å²) >= 11 is 0. The van der Waals surface area contributed by atoms with Crippen LogP contribution >= 0.6 is 0 Å². The van der Waals surface area contributed by atoms with Gasteiger partial charge in [0, 0.05) is 12.1 Å². The summed E-state index contributed by atoms with van der Waals surface area (Å²) in [5.74, 6) is -0.633. The standard InChI is InChI=1S/C11H9FN4O2S/c12-10-5-8(6-13)1-2-9(10)7-15-19(17,18)11-3-4-14-16-11/h1-5,15H,7H2,(H,14,16). The van der Waals surface area contributed by atoms with Crippen LogP contribution in [0.5, 0.6) is 0 Å². The zero-order valence-corrected chi connectivity index (χ0v) is 10.4. The Balaban J connectivity index is 2.14. The Morgan fingerprint density at radius 3 is 2.79 bits per heavy atom. The van der Waals surface area contributed by atoms with Crippen molar-refractivity contribution in [1.82, 2.24) is 14.9 Å². The van der Waals surface area contributed by atoms with E-state index < -0.39 is 15.8 Å². The highest BCUT2D eigenvalue weighted by molar-refractivity contribution is 7.89. The van der Waals surface area contributed by atoms with Crippen molar-refractivity contribution in [2.45, 2.75) is 11.6 Å². The van der Waals surface area contributed by atoms with Gasteiger partial charge >= 0.3 is 0 Å². The van der Waals surface area contributed by atoms with Crippen molar-refractivity contribution in [3.8, 4) is 6.07 Å². The molecule has 0 aliphatic heterocycles. The monoisotopic (exact) mass is 280 g/mol. The fourth-order valence-corrected chi connectivity index (χ4v) is 2.32. The number of rotatable bonds is 4. The van der Waals surface area contributed by atoms with E-state index >= 15 is 0 Å². The molecular formula is C11H9FN4O2S. The van der Waals surface area contributed by atoms with Gasteiger partial charge in [0.2, 0.25) is 0 Å². The molecule has 6 nitrogen and oxygen atoms in total. The van der Waals surface area contributed by atoms with Crippen LogP contribution in [0.2, 0.25) is 0 Å². The minimum atomic E-state index is -3.75. The third-order valence-electron chi connectivity index (χ3n) is 2.40. The lowest BCUT2D eigenvalue weighted by Crippen LogP contribution is -2.24. The van der Waals surface area contributed by atoms with Crippen LogP contribution in [0.3, 0.4) is 0 Å². The molecule has 1 aromatic heterocycles. The van der Waals surface area contributed by atoms with Gasteiger partial charge in [0.05, 0.1) is 17.8 Å². The maximum Gasteiger partial charge on any atom is 0.257 e. The second-order valence-electron chi connectivity index (χ2n) is 3.66. The Bertz CT molecular complexity index is 720. The van der Waals surface area contributed by atoms with Crippen LogP contribution in [0.25, 0.3) is 0 Å². The van der Waals surface area contributed by atoms with Gasteiger partial charge < -0.3 is 0 Å². The molecule has 0 radical (unpaired) electrons. The maximum atomic E-state index is 13.5. The van der Waals surface area contributed by atoms with Crippen LogP contribution in [0, 0.1) is 17.1 Å². The molecule has 0 aliphatic rings. The second-order valence-corrected chi connectivity index (χ2v) is 5.40. The van der Waals surface area contributed by atoms with E-state index in [9.17, 15) is 12.8 Å². The molecule has 0 aliphatic carbocycles. The third-order valence-corrected chi connectivity index (χ3v) is 3.73. The van der Waals surface area contributed by atoms with Crippen molar-refractivity contribution < 1.29 is 12.8 Å². The summed E-state index contributed by atoms with van der Waals surface area (Å²) in [5.41, 5.74) is 0.333. The normalized spacial score (nSPS) is 11.2. The Hall–Kier alpha value is -2.24. The fourth-order valence-electron chi connectivity index (χ4n) is 1.40. The summed E-state index contributed by atoms with van der Waals surface area (Å²) in [5, 5.41) is 14.3. The van der Waals surface area contributed by atoms with E-state index in [-0.39, 0.29) is 22.7 Å². The second kappa shape index (κ2) is 5.17. The molecule has 8 heteroatoms. The first kappa shape index (κ1) is 13.2. The van der Waals surface area contributed by atoms with Crippen LogP contribution < -0.4 is 4.72 Å². The lowest BCUT2D eigenvalue weighted by Gasteiger charge is -2.06. The van der Waals surface area contributed by atoms with Crippen molar-refractivity contribution in [2.24, 2.45) is 0 Å². The lowest BCUT2D eigenvalue weighted by atomic mass is 10.1. The first-order chi connectivity index (χ1) is 9.03. The Labute approximate surface area is 108 Å². The number of hydrogen-bond donors (Lipinski definition) is 2. The molecular weight excluding hydrogens is 271 g/mol. The smallest absolute Gasteiger partial charge is 0.257 e. The molecule has 0 atom stereocenters. The molecule has 2 rings (SSSR count). The lowest BCUT2D eigenvalue weighted by molar-refractivity contribution is 0.570. The molecule has 0 saturated heterocycles. The van der Waals surface area contributed by atoms with E-state index in [4.69, 9.17) is 5.26 Å². The van der Waals surface area contributed by atoms with Gasteiger partial charge in [0.15, 0.2) is 5.03 Å². The number of nitriles is 1. The Morgan fingerprint density at radius 1 is 1.42 bits per heavy atom. The average molecular weight is 280 g/mol. The predicted octanol–water partition coefficient (Wildman–Crippen LogP) is 0.899. The van der Waals surface area contributed by atoms with Gasteiger partial charge in [0.25, 0.3) is 10.0 Å². The number of sulfonamides is 1. The molecule has 0 unspecified atom stereocenters. The molecule has 1 aromatic carbocycles. The summed E-state index contributed by atoms with van der Waals surface area (Å²) in [7, 11) is -3.75. The summed E-state index contributed by atoms with van der Waals surface area (Å²) in [4.78, 5) is 0. The van der Waals surface area contributed by atoms with Crippen LogP contribution in [0.4, 0.5) is 4.39 Å². The number of nitrogens with one attached hydrogen (secondary N) is 2. The zero-order valence-electron chi connectivity index (χ0n) is 9.59. The zero-order chi connectivity index (χ0) is 13.9. The predicted molar refractivity (Wildman–Crippen MR) is 63.7 cm³/mol. The van der Waals surface area contributed by atoms with E-state index in [2.05, 4.69) is 14.9 Å². The van der Waals surface area contributed by atoms with Crippen LogP contribution in [0.1, 0.15) is 11.1 Å². The van der Waals surface area contributed by atoms with E-state index in [1.807, 2.05) is 0 Å². The van der Waals surface area contributed by atoms with Gasteiger partial charge in [-0.15, -0.1) is 0 Å². The molecule has 98 valence electrons. The van der Waals surface area contributed by atoms with E-state index in [0.29, 0.717) is 0 Å². The van der Waals surface area contributed by atoms with Gasteiger partial charge in [-0.05, 0) is 18.2 Å². The van der Waals surface area contributed by atoms with E-state index in [0.717, 1.165) is 6.07 Å². The summed E-state index contributed by atoms with van der Waals surface area (Å²) < 4.78 is 39.3. The molecule has 2 N–H and O–H groups in total. The van der Waals surface area contributed by atoms with Crippen LogP contribution in [-0.2, 0) is 16.6 Å². The number of H-pyrrole nitrogens is 1. The molecule has 0 spiro atoms. The minimum Gasteiger partial charge on any atom is -0.266 e. The van der Waals surface area contributed by atoms with Gasteiger partial charge in [-0.3, -0.25) is 5.10 Å².